The van der Waals surface area contributed by atoms with Gasteiger partial charge in [0.25, 0.3) is 0 Å². The van der Waals surface area contributed by atoms with Crippen LogP contribution in [0.4, 0.5) is 0 Å². The van der Waals surface area contributed by atoms with Gasteiger partial charge in [-0.1, -0.05) is 0 Å². The van der Waals surface area contributed by atoms with Gasteiger partial charge in [0, 0.05) is 12.4 Å². The van der Waals surface area contributed by atoms with Crippen molar-refractivity contribution in [2.45, 2.75) is 0 Å². The summed E-state index contributed by atoms with van der Waals surface area (Å²) in [5, 5.41) is 34.8. The molecule has 104 valence electrons. The van der Waals surface area contributed by atoms with Crippen LogP contribution < -0.4 is 0 Å². The van der Waals surface area contributed by atoms with Crippen molar-refractivity contribution >= 4 is 11.9 Å². The first-order chi connectivity index (χ1) is 10.7. The van der Waals surface area contributed by atoms with Crippen LogP contribution in [0, 0.1) is 0 Å². The molecule has 2 rings (SSSR count). The summed E-state index contributed by atoms with van der Waals surface area (Å²) < 4.78 is 21.1. The molecule has 0 saturated heterocycles. The zero-order valence-corrected chi connectivity index (χ0v) is 9.73. The highest BCUT2D eigenvalue weighted by molar-refractivity contribution is 5.90. The number of aromatic hydroxyl groups is 2. The Morgan fingerprint density at radius 3 is 2.20 bits per heavy atom. The normalized spacial score (nSPS) is 11.3. The van der Waals surface area contributed by atoms with Crippen LogP contribution in [-0.4, -0.2) is 42.3 Å². The molecule has 0 aliphatic rings. The minimum atomic E-state index is -1.55. The van der Waals surface area contributed by atoms with Crippen LogP contribution in [0.15, 0.2) is 36.8 Å². The number of carboxylic acids is 2. The molecule has 0 fully saturated rings. The molecular formula is C12H10N2O6. The molecule has 2 heterocycles. The fraction of sp³-hybridized carbons (Fsp3) is 0. The highest BCUT2D eigenvalue weighted by Crippen LogP contribution is 2.13. The standard InChI is InChI=1S/2C6H5NO3/c2*8-5-3-7-2-1-4(5)6(9)10/h2*1-3,8H,(H,9,10)/i1D,2D,3D;. The predicted octanol–water partition coefficient (Wildman–Crippen LogP) is 0.971. The first kappa shape index (κ1) is 10.7. The third-order valence-electron chi connectivity index (χ3n) is 1.88. The minimum absolute atomic E-state index is 0.130. The van der Waals surface area contributed by atoms with Crippen molar-refractivity contribution in [3.63, 3.8) is 0 Å². The quantitative estimate of drug-likeness (QED) is 0.638. The van der Waals surface area contributed by atoms with Crippen LogP contribution in [0.5, 0.6) is 11.5 Å². The maximum absolute atomic E-state index is 10.5. The van der Waals surface area contributed by atoms with Gasteiger partial charge in [0.1, 0.15) is 22.6 Å². The lowest BCUT2D eigenvalue weighted by Gasteiger charge is -1.94. The van der Waals surface area contributed by atoms with Crippen molar-refractivity contribution in [1.82, 2.24) is 9.97 Å². The van der Waals surface area contributed by atoms with E-state index in [0.717, 1.165) is 6.20 Å². The van der Waals surface area contributed by atoms with Crippen molar-refractivity contribution in [1.29, 1.82) is 0 Å². The molecule has 0 aliphatic heterocycles. The van der Waals surface area contributed by atoms with E-state index in [1.807, 2.05) is 0 Å². The fourth-order valence-corrected chi connectivity index (χ4v) is 1.00. The van der Waals surface area contributed by atoms with Crippen LogP contribution >= 0.6 is 0 Å². The van der Waals surface area contributed by atoms with Crippen LogP contribution in [0.1, 0.15) is 24.8 Å². The summed E-state index contributed by atoms with van der Waals surface area (Å²) in [6.45, 7) is 0. The van der Waals surface area contributed by atoms with Gasteiger partial charge in [-0.25, -0.2) is 9.59 Å². The van der Waals surface area contributed by atoms with Crippen molar-refractivity contribution < 1.29 is 34.1 Å². The Balaban J connectivity index is 0.000000238. The molecule has 0 radical (unpaired) electrons. The molecule has 0 bridgehead atoms. The number of nitrogens with zero attached hydrogens (tertiary/aromatic N) is 2. The molecule has 0 spiro atoms. The highest BCUT2D eigenvalue weighted by atomic mass is 16.4. The van der Waals surface area contributed by atoms with E-state index >= 15 is 0 Å². The molecule has 0 aliphatic carbocycles. The average molecular weight is 281 g/mol. The summed E-state index contributed by atoms with van der Waals surface area (Å²) in [6, 6.07) is 0.540. The van der Waals surface area contributed by atoms with E-state index in [9.17, 15) is 9.59 Å². The fourth-order valence-electron chi connectivity index (χ4n) is 1.00. The van der Waals surface area contributed by atoms with Crippen molar-refractivity contribution in [3.05, 3.63) is 48.0 Å². The van der Waals surface area contributed by atoms with E-state index in [1.165, 1.54) is 12.3 Å². The van der Waals surface area contributed by atoms with E-state index < -0.39 is 41.6 Å². The summed E-state index contributed by atoms with van der Waals surface area (Å²) in [5.41, 5.74) is -0.889. The molecule has 2 aromatic heterocycles. The molecule has 0 atom stereocenters. The van der Waals surface area contributed by atoms with E-state index in [4.69, 9.17) is 24.5 Å². The van der Waals surface area contributed by atoms with Crippen molar-refractivity contribution in [2.75, 3.05) is 0 Å². The molecule has 8 heteroatoms. The summed E-state index contributed by atoms with van der Waals surface area (Å²) >= 11 is 0. The lowest BCUT2D eigenvalue weighted by Crippen LogP contribution is -1.96. The smallest absolute Gasteiger partial charge is 0.339 e. The Labute approximate surface area is 116 Å². The number of carbonyl (C=O) groups is 2. The van der Waals surface area contributed by atoms with Gasteiger partial charge in [0.05, 0.1) is 16.5 Å². The van der Waals surface area contributed by atoms with E-state index in [-0.39, 0.29) is 11.3 Å². The monoisotopic (exact) mass is 281 g/mol. The van der Waals surface area contributed by atoms with E-state index in [2.05, 4.69) is 9.97 Å². The Morgan fingerprint density at radius 2 is 1.70 bits per heavy atom. The Bertz CT molecular complexity index is 742. The summed E-state index contributed by atoms with van der Waals surface area (Å²) in [6.07, 6.45) is 1.05. The van der Waals surface area contributed by atoms with Gasteiger partial charge in [-0.05, 0) is 12.1 Å². The molecular weight excluding hydrogens is 268 g/mol. The Kier molecular flexibility index (Phi) is 3.59. The zero-order chi connectivity index (χ0) is 17.7. The molecule has 0 saturated carbocycles. The van der Waals surface area contributed by atoms with E-state index in [1.54, 1.807) is 0 Å². The van der Waals surface area contributed by atoms with E-state index in [0.29, 0.717) is 0 Å². The molecule has 0 aromatic carbocycles. The minimum Gasteiger partial charge on any atom is -0.505 e. The van der Waals surface area contributed by atoms with Crippen LogP contribution in [0.3, 0.4) is 0 Å². The van der Waals surface area contributed by atoms with Crippen molar-refractivity contribution in [2.24, 2.45) is 0 Å². The lowest BCUT2D eigenvalue weighted by molar-refractivity contribution is 0.0682. The molecule has 2 aromatic rings. The maximum Gasteiger partial charge on any atom is 0.339 e. The number of aromatic carboxylic acids is 2. The van der Waals surface area contributed by atoms with Crippen LogP contribution in [0.25, 0.3) is 0 Å². The second-order valence-corrected chi connectivity index (χ2v) is 3.19. The zero-order valence-electron chi connectivity index (χ0n) is 12.7. The molecule has 20 heavy (non-hydrogen) atoms. The lowest BCUT2D eigenvalue weighted by atomic mass is 10.2. The predicted molar refractivity (Wildman–Crippen MR) is 65.7 cm³/mol. The van der Waals surface area contributed by atoms with Gasteiger partial charge in [-0.3, -0.25) is 9.97 Å². The molecule has 4 N–H and O–H groups in total. The number of hydrogen-bond donors (Lipinski definition) is 4. The number of aromatic nitrogens is 2. The second kappa shape index (κ2) is 6.69. The SMILES string of the molecule is O=C(O)c1ccncc1O.[2H]c1nc([2H])c(O)c(C(=O)O)c1[2H]. The van der Waals surface area contributed by atoms with Gasteiger partial charge >= 0.3 is 11.9 Å². The second-order valence-electron chi connectivity index (χ2n) is 3.19. The van der Waals surface area contributed by atoms with Gasteiger partial charge in [0.2, 0.25) is 0 Å². The Morgan fingerprint density at radius 1 is 1.05 bits per heavy atom. The van der Waals surface area contributed by atoms with Gasteiger partial charge < -0.3 is 20.4 Å². The van der Waals surface area contributed by atoms with Gasteiger partial charge in [0.15, 0.2) is 0 Å². The molecule has 0 amide bonds. The molecule has 8 nitrogen and oxygen atoms in total. The number of pyridine rings is 2. The maximum atomic E-state index is 10.5. The summed E-state index contributed by atoms with van der Waals surface area (Å²) in [4.78, 5) is 27.4. The van der Waals surface area contributed by atoms with Crippen LogP contribution in [-0.2, 0) is 0 Å². The van der Waals surface area contributed by atoms with Gasteiger partial charge in [-0.15, -0.1) is 0 Å². The van der Waals surface area contributed by atoms with Crippen molar-refractivity contribution in [3.8, 4) is 11.5 Å². The summed E-state index contributed by atoms with van der Waals surface area (Å²) in [7, 11) is 0. The number of rotatable bonds is 2. The first-order valence-electron chi connectivity index (χ1n) is 6.43. The number of hydrogen-bond acceptors (Lipinski definition) is 6. The topological polar surface area (TPSA) is 141 Å². The van der Waals surface area contributed by atoms with Gasteiger partial charge in [-0.2, -0.15) is 0 Å². The summed E-state index contributed by atoms with van der Waals surface area (Å²) in [5.74, 6) is -3.89. The first-order valence-corrected chi connectivity index (χ1v) is 4.93. The average Bonchev–Trinajstić information content (AvgIpc) is 2.46. The molecule has 0 unspecified atom stereocenters. The van der Waals surface area contributed by atoms with Crippen LogP contribution in [0.2, 0.25) is 0 Å². The largest absolute Gasteiger partial charge is 0.505 e. The highest BCUT2D eigenvalue weighted by Gasteiger charge is 2.07. The Hall–Kier alpha value is -3.16. The third-order valence-corrected chi connectivity index (χ3v) is 1.88. The third kappa shape index (κ3) is 3.95. The number of carboxylic acid groups (broad SMARTS) is 2.